The van der Waals surface area contributed by atoms with Gasteiger partial charge in [-0.2, -0.15) is 0 Å². The first-order chi connectivity index (χ1) is 12.4. The summed E-state index contributed by atoms with van der Waals surface area (Å²) < 4.78 is 1.11. The van der Waals surface area contributed by atoms with Crippen LogP contribution in [0.4, 0.5) is 5.00 Å². The van der Waals surface area contributed by atoms with Crippen LogP contribution in [0.5, 0.6) is 0 Å². The predicted octanol–water partition coefficient (Wildman–Crippen LogP) is 8.47. The lowest BCUT2D eigenvalue weighted by atomic mass is 9.75. The number of nitro groups is 1. The number of thiophene rings is 3. The van der Waals surface area contributed by atoms with E-state index in [9.17, 15) is 10.1 Å². The summed E-state index contributed by atoms with van der Waals surface area (Å²) in [7, 11) is 0. The zero-order valence-electron chi connectivity index (χ0n) is 16.2. The van der Waals surface area contributed by atoms with Crippen LogP contribution in [0.2, 0.25) is 0 Å². The van der Waals surface area contributed by atoms with Gasteiger partial charge in [0.05, 0.1) is 13.6 Å². The molecule has 0 amide bonds. The minimum absolute atomic E-state index is 0.0354. The van der Waals surface area contributed by atoms with Crippen molar-refractivity contribution in [2.75, 3.05) is 0 Å². The Kier molecular flexibility index (Phi) is 5.45. The molecule has 144 valence electrons. The minimum atomic E-state index is -0.305. The summed E-state index contributed by atoms with van der Waals surface area (Å²) in [6.45, 7) is 13.4. The maximum Gasteiger partial charge on any atom is 0.324 e. The Morgan fingerprint density at radius 1 is 0.815 bits per heavy atom. The van der Waals surface area contributed by atoms with Gasteiger partial charge in [0.1, 0.15) is 0 Å². The summed E-state index contributed by atoms with van der Waals surface area (Å²) in [4.78, 5) is 15.5. The molecule has 0 aliphatic rings. The summed E-state index contributed by atoms with van der Waals surface area (Å²) >= 11 is 8.34. The first-order valence-corrected chi connectivity index (χ1v) is 11.8. The number of nitrogens with zero attached hydrogens (tertiary/aromatic N) is 1. The molecular weight excluding hydrogens is 462 g/mol. The quantitative estimate of drug-likeness (QED) is 0.276. The van der Waals surface area contributed by atoms with Crippen LogP contribution < -0.4 is 0 Å². The monoisotopic (exact) mass is 483 g/mol. The van der Waals surface area contributed by atoms with Crippen molar-refractivity contribution < 1.29 is 4.92 Å². The lowest BCUT2D eigenvalue weighted by Crippen LogP contribution is -2.21. The van der Waals surface area contributed by atoms with Crippen molar-refractivity contribution in [3.63, 3.8) is 0 Å². The lowest BCUT2D eigenvalue weighted by molar-refractivity contribution is -0.380. The van der Waals surface area contributed by atoms with Gasteiger partial charge < -0.3 is 0 Å². The predicted molar refractivity (Wildman–Crippen MR) is 123 cm³/mol. The van der Waals surface area contributed by atoms with E-state index in [-0.39, 0.29) is 20.8 Å². The van der Waals surface area contributed by atoms with Crippen molar-refractivity contribution in [1.29, 1.82) is 0 Å². The van der Waals surface area contributed by atoms with Gasteiger partial charge in [-0.25, -0.2) is 0 Å². The molecule has 3 heterocycles. The maximum absolute atomic E-state index is 11.2. The third-order valence-electron chi connectivity index (χ3n) is 4.20. The molecule has 0 spiro atoms. The van der Waals surface area contributed by atoms with Crippen LogP contribution >= 0.6 is 49.9 Å². The van der Waals surface area contributed by atoms with Crippen molar-refractivity contribution in [2.24, 2.45) is 0 Å². The third kappa shape index (κ3) is 4.06. The van der Waals surface area contributed by atoms with E-state index in [0.717, 1.165) is 13.5 Å². The second-order valence-corrected chi connectivity index (χ2v) is 13.1. The van der Waals surface area contributed by atoms with Gasteiger partial charge in [-0.1, -0.05) is 52.9 Å². The molecule has 27 heavy (non-hydrogen) atoms. The Morgan fingerprint density at radius 3 is 1.67 bits per heavy atom. The van der Waals surface area contributed by atoms with Crippen LogP contribution in [-0.4, -0.2) is 4.92 Å². The van der Waals surface area contributed by atoms with E-state index in [4.69, 9.17) is 0 Å². The van der Waals surface area contributed by atoms with Crippen LogP contribution in [0.3, 0.4) is 0 Å². The summed E-state index contributed by atoms with van der Waals surface area (Å²) in [6, 6.07) is 7.75. The van der Waals surface area contributed by atoms with E-state index in [1.807, 2.05) is 6.07 Å². The van der Waals surface area contributed by atoms with Crippen molar-refractivity contribution >= 4 is 54.9 Å². The second kappa shape index (κ2) is 7.10. The van der Waals surface area contributed by atoms with E-state index < -0.39 is 0 Å². The topological polar surface area (TPSA) is 43.1 Å². The number of rotatable bonds is 3. The minimum Gasteiger partial charge on any atom is -0.258 e. The van der Waals surface area contributed by atoms with Crippen LogP contribution in [0.25, 0.3) is 19.5 Å². The highest BCUT2D eigenvalue weighted by atomic mass is 79.9. The zero-order chi connectivity index (χ0) is 20.1. The molecule has 3 rings (SSSR count). The Morgan fingerprint density at radius 2 is 1.30 bits per heavy atom. The van der Waals surface area contributed by atoms with Crippen LogP contribution in [0.1, 0.15) is 52.7 Å². The highest BCUT2D eigenvalue weighted by Gasteiger charge is 2.35. The Labute approximate surface area is 180 Å². The van der Waals surface area contributed by atoms with Crippen molar-refractivity contribution in [2.45, 2.75) is 52.4 Å². The molecule has 0 fully saturated rings. The fourth-order valence-electron chi connectivity index (χ4n) is 3.19. The molecule has 0 saturated heterocycles. The van der Waals surface area contributed by atoms with Crippen molar-refractivity contribution in [3.05, 3.63) is 49.3 Å². The molecule has 0 aliphatic carbocycles. The molecule has 0 saturated carbocycles. The van der Waals surface area contributed by atoms with E-state index in [2.05, 4.69) is 69.6 Å². The number of halogens is 1. The van der Waals surface area contributed by atoms with Crippen molar-refractivity contribution in [1.82, 2.24) is 0 Å². The van der Waals surface area contributed by atoms with E-state index in [1.54, 1.807) is 28.7 Å². The molecule has 0 aromatic carbocycles. The summed E-state index contributed by atoms with van der Waals surface area (Å²) in [5.41, 5.74) is 2.54. The highest BCUT2D eigenvalue weighted by Crippen LogP contribution is 2.53. The van der Waals surface area contributed by atoms with E-state index in [0.29, 0.717) is 0 Å². The Bertz CT molecular complexity index is 999. The van der Waals surface area contributed by atoms with Gasteiger partial charge in [0, 0.05) is 20.7 Å². The molecule has 7 heteroatoms. The standard InChI is InChI=1S/C20H22BrNO2S3/c1-19(2,3)15-16(20(4,5)6)18(12-8-10-14(26-12)22(23)24)27-17(15)11-7-9-13(21)25-11/h7-10H,1-6H3. The fourth-order valence-corrected chi connectivity index (χ4v) is 7.35. The zero-order valence-corrected chi connectivity index (χ0v) is 20.2. The van der Waals surface area contributed by atoms with Crippen LogP contribution in [0, 0.1) is 10.1 Å². The summed E-state index contributed by atoms with van der Waals surface area (Å²) in [6.07, 6.45) is 0. The number of hydrogen-bond donors (Lipinski definition) is 0. The van der Waals surface area contributed by atoms with Gasteiger partial charge in [0.15, 0.2) is 0 Å². The average Bonchev–Trinajstić information content (AvgIpc) is 3.21. The molecule has 0 unspecified atom stereocenters. The first-order valence-electron chi connectivity index (χ1n) is 8.57. The Hall–Kier alpha value is -1.02. The molecule has 3 aromatic heterocycles. The lowest BCUT2D eigenvalue weighted by Gasteiger charge is -2.29. The number of hydrogen-bond acceptors (Lipinski definition) is 5. The fraction of sp³-hybridized carbons (Fsp3) is 0.400. The summed E-state index contributed by atoms with van der Waals surface area (Å²) in [5.74, 6) is 0. The molecule has 0 N–H and O–H groups in total. The van der Waals surface area contributed by atoms with Gasteiger partial charge in [-0.05, 0) is 56.1 Å². The van der Waals surface area contributed by atoms with Crippen LogP contribution in [-0.2, 0) is 10.8 Å². The van der Waals surface area contributed by atoms with Gasteiger partial charge in [-0.15, -0.1) is 22.7 Å². The molecule has 0 bridgehead atoms. The maximum atomic E-state index is 11.2. The molecule has 3 nitrogen and oxygen atoms in total. The Balaban J connectivity index is 2.36. The third-order valence-corrected chi connectivity index (χ3v) is 8.41. The van der Waals surface area contributed by atoms with Gasteiger partial charge in [0.2, 0.25) is 0 Å². The van der Waals surface area contributed by atoms with Crippen molar-refractivity contribution in [3.8, 4) is 19.5 Å². The van der Waals surface area contributed by atoms with Gasteiger partial charge in [0.25, 0.3) is 0 Å². The average molecular weight is 485 g/mol. The normalized spacial score (nSPS) is 12.6. The largest absolute Gasteiger partial charge is 0.324 e. The smallest absolute Gasteiger partial charge is 0.258 e. The molecule has 0 radical (unpaired) electrons. The SMILES string of the molecule is CC(C)(C)c1c(-c2ccc(Br)s2)sc(-c2ccc([N+](=O)[O-])s2)c1C(C)(C)C. The molecule has 0 aliphatic heterocycles. The van der Waals surface area contributed by atoms with Gasteiger partial charge >= 0.3 is 5.00 Å². The summed E-state index contributed by atoms with van der Waals surface area (Å²) in [5, 5.41) is 11.4. The molecule has 3 aromatic rings. The van der Waals surface area contributed by atoms with E-state index >= 15 is 0 Å². The van der Waals surface area contributed by atoms with E-state index in [1.165, 1.54) is 32.2 Å². The molecular formula is C20H22BrNO2S3. The molecule has 0 atom stereocenters. The second-order valence-electron chi connectivity index (χ2n) is 8.51. The van der Waals surface area contributed by atoms with Gasteiger partial charge in [-0.3, -0.25) is 10.1 Å². The van der Waals surface area contributed by atoms with Crippen LogP contribution in [0.15, 0.2) is 28.1 Å². The first kappa shape index (κ1) is 20.7. The highest BCUT2D eigenvalue weighted by molar-refractivity contribution is 9.11.